The van der Waals surface area contributed by atoms with Gasteiger partial charge in [0.1, 0.15) is 18.2 Å². The highest BCUT2D eigenvalue weighted by Gasteiger charge is 2.16. The molecule has 2 amide bonds. The Morgan fingerprint density at radius 3 is 2.52 bits per heavy atom. The van der Waals surface area contributed by atoms with Gasteiger partial charge in [0.15, 0.2) is 0 Å². The number of amides is 2. The zero-order valence-electron chi connectivity index (χ0n) is 13.2. The van der Waals surface area contributed by atoms with Gasteiger partial charge >= 0.3 is 6.03 Å². The number of nitrogens with zero attached hydrogens (tertiary/aromatic N) is 1. The van der Waals surface area contributed by atoms with Crippen molar-refractivity contribution in [3.8, 4) is 5.75 Å². The summed E-state index contributed by atoms with van der Waals surface area (Å²) in [5.74, 6) is 0.292. The van der Waals surface area contributed by atoms with Crippen LogP contribution in [0.1, 0.15) is 33.6 Å². The Morgan fingerprint density at radius 2 is 1.95 bits per heavy atom. The number of ether oxygens (including phenoxy) is 1. The first-order valence-electron chi connectivity index (χ1n) is 7.35. The monoisotopic (exact) mass is 296 g/mol. The number of halogens is 1. The number of hydrogen-bond donors (Lipinski definition) is 1. The molecule has 1 aromatic carbocycles. The van der Waals surface area contributed by atoms with Gasteiger partial charge in [-0.25, -0.2) is 9.18 Å². The number of hydrogen-bond acceptors (Lipinski definition) is 2. The first-order chi connectivity index (χ1) is 9.93. The van der Waals surface area contributed by atoms with Crippen molar-refractivity contribution in [3.63, 3.8) is 0 Å². The smallest absolute Gasteiger partial charge is 0.317 e. The van der Waals surface area contributed by atoms with E-state index in [1.807, 2.05) is 13.8 Å². The van der Waals surface area contributed by atoms with Crippen LogP contribution in [-0.2, 0) is 0 Å². The van der Waals surface area contributed by atoms with E-state index in [4.69, 9.17) is 4.74 Å². The van der Waals surface area contributed by atoms with Gasteiger partial charge in [-0.1, -0.05) is 13.3 Å². The molecule has 0 aliphatic rings. The van der Waals surface area contributed by atoms with Crippen LogP contribution >= 0.6 is 0 Å². The van der Waals surface area contributed by atoms with Crippen molar-refractivity contribution in [2.75, 3.05) is 13.7 Å². The third kappa shape index (κ3) is 6.02. The van der Waals surface area contributed by atoms with E-state index in [0.717, 1.165) is 12.8 Å². The fraction of sp³-hybridized carbons (Fsp3) is 0.562. The fourth-order valence-electron chi connectivity index (χ4n) is 1.92. The number of rotatable bonds is 7. The SMILES string of the molecule is CCCC(C)N(C)C(=O)NC(C)COc1ccc(F)cc1. The highest BCUT2D eigenvalue weighted by atomic mass is 19.1. The third-order valence-electron chi connectivity index (χ3n) is 3.37. The van der Waals surface area contributed by atoms with Crippen molar-refractivity contribution in [1.29, 1.82) is 0 Å². The summed E-state index contributed by atoms with van der Waals surface area (Å²) < 4.78 is 18.3. The summed E-state index contributed by atoms with van der Waals surface area (Å²) in [6, 6.07) is 5.81. The van der Waals surface area contributed by atoms with Crippen molar-refractivity contribution in [2.24, 2.45) is 0 Å². The van der Waals surface area contributed by atoms with Crippen molar-refractivity contribution < 1.29 is 13.9 Å². The molecule has 0 radical (unpaired) electrons. The number of benzene rings is 1. The van der Waals surface area contributed by atoms with Crippen molar-refractivity contribution in [1.82, 2.24) is 10.2 Å². The second-order valence-corrected chi connectivity index (χ2v) is 5.36. The lowest BCUT2D eigenvalue weighted by Crippen LogP contribution is -2.47. The number of nitrogens with one attached hydrogen (secondary N) is 1. The zero-order valence-corrected chi connectivity index (χ0v) is 13.2. The van der Waals surface area contributed by atoms with Gasteiger partial charge in [-0.05, 0) is 44.5 Å². The van der Waals surface area contributed by atoms with Gasteiger partial charge in [-0.3, -0.25) is 0 Å². The Kier molecular flexibility index (Phi) is 6.99. The second kappa shape index (κ2) is 8.49. The highest BCUT2D eigenvalue weighted by Crippen LogP contribution is 2.11. The molecule has 2 unspecified atom stereocenters. The van der Waals surface area contributed by atoms with Gasteiger partial charge in [0.05, 0.1) is 6.04 Å². The Hall–Kier alpha value is -1.78. The van der Waals surface area contributed by atoms with E-state index >= 15 is 0 Å². The van der Waals surface area contributed by atoms with E-state index in [1.165, 1.54) is 12.1 Å². The predicted octanol–water partition coefficient (Wildman–Crippen LogP) is 3.42. The Balaban J connectivity index is 2.37. The minimum atomic E-state index is -0.296. The molecule has 0 heterocycles. The van der Waals surface area contributed by atoms with Crippen LogP contribution in [0.25, 0.3) is 0 Å². The molecule has 118 valence electrons. The molecule has 1 rings (SSSR count). The average molecular weight is 296 g/mol. The normalized spacial score (nSPS) is 13.4. The van der Waals surface area contributed by atoms with Crippen LogP contribution in [0.15, 0.2) is 24.3 Å². The summed E-state index contributed by atoms with van der Waals surface area (Å²) in [6.07, 6.45) is 2.02. The summed E-state index contributed by atoms with van der Waals surface area (Å²) in [5, 5.41) is 2.89. The third-order valence-corrected chi connectivity index (χ3v) is 3.37. The molecule has 5 heteroatoms. The van der Waals surface area contributed by atoms with Crippen LogP contribution in [-0.4, -0.2) is 36.7 Å². The lowest BCUT2D eigenvalue weighted by atomic mass is 10.2. The van der Waals surface area contributed by atoms with Crippen molar-refractivity contribution in [2.45, 2.75) is 45.7 Å². The van der Waals surface area contributed by atoms with Crippen molar-refractivity contribution in [3.05, 3.63) is 30.1 Å². The molecule has 1 N–H and O–H groups in total. The molecule has 0 saturated heterocycles. The highest BCUT2D eigenvalue weighted by molar-refractivity contribution is 5.74. The van der Waals surface area contributed by atoms with Crippen LogP contribution in [0.4, 0.5) is 9.18 Å². The van der Waals surface area contributed by atoms with Crippen LogP contribution < -0.4 is 10.1 Å². The average Bonchev–Trinajstić information content (AvgIpc) is 2.46. The van der Waals surface area contributed by atoms with E-state index in [1.54, 1.807) is 24.1 Å². The molecular weight excluding hydrogens is 271 g/mol. The second-order valence-electron chi connectivity index (χ2n) is 5.36. The van der Waals surface area contributed by atoms with Gasteiger partial charge < -0.3 is 15.0 Å². The van der Waals surface area contributed by atoms with Gasteiger partial charge in [0.2, 0.25) is 0 Å². The zero-order chi connectivity index (χ0) is 15.8. The first kappa shape index (κ1) is 17.3. The molecule has 0 fully saturated rings. The molecule has 0 spiro atoms. The minimum Gasteiger partial charge on any atom is -0.491 e. The molecule has 0 aliphatic heterocycles. The quantitative estimate of drug-likeness (QED) is 0.837. The predicted molar refractivity (Wildman–Crippen MR) is 82.0 cm³/mol. The lowest BCUT2D eigenvalue weighted by molar-refractivity contribution is 0.181. The Labute approximate surface area is 126 Å². The summed E-state index contributed by atoms with van der Waals surface area (Å²) in [7, 11) is 1.79. The van der Waals surface area contributed by atoms with Gasteiger partial charge in [0, 0.05) is 13.1 Å². The van der Waals surface area contributed by atoms with E-state index in [0.29, 0.717) is 12.4 Å². The Bertz CT molecular complexity index is 436. The largest absolute Gasteiger partial charge is 0.491 e. The van der Waals surface area contributed by atoms with E-state index in [-0.39, 0.29) is 23.9 Å². The van der Waals surface area contributed by atoms with Gasteiger partial charge in [0.25, 0.3) is 0 Å². The molecular formula is C16H25FN2O2. The Morgan fingerprint density at radius 1 is 1.33 bits per heavy atom. The summed E-state index contributed by atoms with van der Waals surface area (Å²) in [4.78, 5) is 13.7. The maximum atomic E-state index is 12.8. The standard InChI is InChI=1S/C16H25FN2O2/c1-5-6-13(3)19(4)16(20)18-12(2)11-21-15-9-7-14(17)8-10-15/h7-10,12-13H,5-6,11H2,1-4H3,(H,18,20). The summed E-state index contributed by atoms with van der Waals surface area (Å²) >= 11 is 0. The molecule has 0 bridgehead atoms. The van der Waals surface area contributed by atoms with E-state index in [9.17, 15) is 9.18 Å². The van der Waals surface area contributed by atoms with Crippen molar-refractivity contribution >= 4 is 6.03 Å². The molecule has 0 saturated carbocycles. The topological polar surface area (TPSA) is 41.6 Å². The summed E-state index contributed by atoms with van der Waals surface area (Å²) in [5.41, 5.74) is 0. The molecule has 1 aromatic rings. The van der Waals surface area contributed by atoms with Gasteiger partial charge in [-0.2, -0.15) is 0 Å². The molecule has 4 nitrogen and oxygen atoms in total. The van der Waals surface area contributed by atoms with Crippen LogP contribution in [0.5, 0.6) is 5.75 Å². The van der Waals surface area contributed by atoms with E-state index in [2.05, 4.69) is 12.2 Å². The van der Waals surface area contributed by atoms with E-state index < -0.39 is 0 Å². The fourth-order valence-corrected chi connectivity index (χ4v) is 1.92. The van der Waals surface area contributed by atoms with Gasteiger partial charge in [-0.15, -0.1) is 0 Å². The van der Waals surface area contributed by atoms with Crippen LogP contribution in [0.2, 0.25) is 0 Å². The lowest BCUT2D eigenvalue weighted by Gasteiger charge is -2.26. The van der Waals surface area contributed by atoms with Crippen LogP contribution in [0.3, 0.4) is 0 Å². The molecule has 0 aromatic heterocycles. The molecule has 0 aliphatic carbocycles. The first-order valence-corrected chi connectivity index (χ1v) is 7.35. The number of urea groups is 1. The number of carbonyl (C=O) groups excluding carboxylic acids is 1. The maximum Gasteiger partial charge on any atom is 0.317 e. The molecule has 21 heavy (non-hydrogen) atoms. The number of carbonyl (C=O) groups is 1. The minimum absolute atomic E-state index is 0.105. The summed E-state index contributed by atoms with van der Waals surface area (Å²) in [6.45, 7) is 6.34. The van der Waals surface area contributed by atoms with Crippen LogP contribution in [0, 0.1) is 5.82 Å². The molecule has 2 atom stereocenters. The maximum absolute atomic E-state index is 12.8.